The fraction of sp³-hybridized carbons (Fsp3) is 0.500. The zero-order chi connectivity index (χ0) is 13.9. The van der Waals surface area contributed by atoms with Crippen molar-refractivity contribution in [2.24, 2.45) is 4.36 Å². The molecular weight excluding hydrogens is 263 g/mol. The summed E-state index contributed by atoms with van der Waals surface area (Å²) in [5.74, 6) is -0.367. The molecule has 0 bridgehead atoms. The second-order valence-electron chi connectivity index (χ2n) is 4.87. The van der Waals surface area contributed by atoms with E-state index in [0.29, 0.717) is 18.4 Å². The van der Waals surface area contributed by atoms with Gasteiger partial charge in [0.05, 0.1) is 21.6 Å². The minimum absolute atomic E-state index is 0.0176. The molecule has 3 nitrogen and oxygen atoms in total. The summed E-state index contributed by atoms with van der Waals surface area (Å²) in [6, 6.07) is 8.48. The molecule has 1 aromatic carbocycles. The molecule has 1 fully saturated rings. The van der Waals surface area contributed by atoms with Gasteiger partial charge >= 0.3 is 0 Å². The molecule has 1 saturated carbocycles. The van der Waals surface area contributed by atoms with E-state index in [2.05, 4.69) is 10.4 Å². The molecule has 102 valence electrons. The Hall–Kier alpha value is -1.41. The van der Waals surface area contributed by atoms with E-state index < -0.39 is 14.5 Å². The summed E-state index contributed by atoms with van der Waals surface area (Å²) in [6.07, 6.45) is 2.96. The zero-order valence-corrected chi connectivity index (χ0v) is 11.8. The van der Waals surface area contributed by atoms with Gasteiger partial charge in [0.2, 0.25) is 0 Å². The lowest BCUT2D eigenvalue weighted by molar-refractivity contribution is 0.608. The molecule has 0 aliphatic heterocycles. The third kappa shape index (κ3) is 2.37. The zero-order valence-electron chi connectivity index (χ0n) is 10.9. The molecule has 0 radical (unpaired) electrons. The van der Waals surface area contributed by atoms with E-state index >= 15 is 0 Å². The van der Waals surface area contributed by atoms with Crippen LogP contribution in [-0.2, 0) is 15.5 Å². The summed E-state index contributed by atoms with van der Waals surface area (Å²) in [4.78, 5) is 0. The monoisotopic (exact) mass is 280 g/mol. The van der Waals surface area contributed by atoms with E-state index in [9.17, 15) is 13.9 Å². The van der Waals surface area contributed by atoms with Gasteiger partial charge in [0.15, 0.2) is 0 Å². The molecule has 0 heterocycles. The second-order valence-corrected chi connectivity index (χ2v) is 7.59. The van der Waals surface area contributed by atoms with Crippen LogP contribution in [0.3, 0.4) is 0 Å². The first-order valence-electron chi connectivity index (χ1n) is 6.34. The number of benzene rings is 1. The Labute approximate surface area is 113 Å². The number of hydrogen-bond acceptors (Lipinski definition) is 3. The molecule has 1 aliphatic rings. The summed E-state index contributed by atoms with van der Waals surface area (Å²) in [7, 11) is -1.30. The van der Waals surface area contributed by atoms with Crippen LogP contribution >= 0.6 is 0 Å². The van der Waals surface area contributed by atoms with Gasteiger partial charge in [0, 0.05) is 12.6 Å². The minimum atomic E-state index is -2.77. The molecule has 0 spiro atoms. The number of rotatable bonds is 3. The van der Waals surface area contributed by atoms with Gasteiger partial charge in [-0.15, -0.1) is 0 Å². The number of hydrogen-bond donors (Lipinski definition) is 0. The normalized spacial score (nSPS) is 20.5. The SMILES string of the molecule is CN=S(=O)(Cc1ccccc1F)C1(C#N)CCCC1. The van der Waals surface area contributed by atoms with Crippen LogP contribution in [0.25, 0.3) is 0 Å². The summed E-state index contributed by atoms with van der Waals surface area (Å²) in [6.45, 7) is 0. The summed E-state index contributed by atoms with van der Waals surface area (Å²) >= 11 is 0. The molecule has 19 heavy (non-hydrogen) atoms. The van der Waals surface area contributed by atoms with Gasteiger partial charge in [0.1, 0.15) is 10.6 Å². The maximum absolute atomic E-state index is 13.7. The molecule has 1 aliphatic carbocycles. The van der Waals surface area contributed by atoms with E-state index in [-0.39, 0.29) is 11.6 Å². The average Bonchev–Trinajstić information content (AvgIpc) is 2.92. The fourth-order valence-corrected chi connectivity index (χ4v) is 5.13. The minimum Gasteiger partial charge on any atom is -0.248 e. The van der Waals surface area contributed by atoms with Crippen molar-refractivity contribution in [2.45, 2.75) is 36.2 Å². The van der Waals surface area contributed by atoms with Gasteiger partial charge < -0.3 is 0 Å². The van der Waals surface area contributed by atoms with Crippen LogP contribution in [0.2, 0.25) is 0 Å². The summed E-state index contributed by atoms with van der Waals surface area (Å²) in [5.41, 5.74) is 0.375. The van der Waals surface area contributed by atoms with E-state index in [4.69, 9.17) is 0 Å². The van der Waals surface area contributed by atoms with Crippen molar-refractivity contribution < 1.29 is 8.60 Å². The highest BCUT2D eigenvalue weighted by Gasteiger charge is 2.44. The molecule has 1 aromatic rings. The largest absolute Gasteiger partial charge is 0.248 e. The fourth-order valence-electron chi connectivity index (χ4n) is 2.65. The third-order valence-electron chi connectivity index (χ3n) is 3.83. The summed E-state index contributed by atoms with van der Waals surface area (Å²) < 4.78 is 29.9. The lowest BCUT2D eigenvalue weighted by Crippen LogP contribution is -2.35. The Morgan fingerprint density at radius 2 is 2.05 bits per heavy atom. The van der Waals surface area contributed by atoms with Gasteiger partial charge in [0.25, 0.3) is 0 Å². The molecule has 0 aromatic heterocycles. The van der Waals surface area contributed by atoms with Gasteiger partial charge in [-0.05, 0) is 18.9 Å². The Bertz CT molecular complexity index is 621. The van der Waals surface area contributed by atoms with Crippen molar-refractivity contribution in [1.82, 2.24) is 0 Å². The molecular formula is C14H17FN2OS. The molecule has 1 atom stereocenters. The smallest absolute Gasteiger partial charge is 0.140 e. The molecule has 0 amide bonds. The van der Waals surface area contributed by atoms with Crippen LogP contribution in [-0.4, -0.2) is 16.0 Å². The quantitative estimate of drug-likeness (QED) is 0.853. The van der Waals surface area contributed by atoms with Crippen molar-refractivity contribution in [3.8, 4) is 6.07 Å². The Balaban J connectivity index is 2.43. The maximum Gasteiger partial charge on any atom is 0.140 e. The van der Waals surface area contributed by atoms with E-state index in [1.807, 2.05) is 0 Å². The first-order valence-corrected chi connectivity index (χ1v) is 8.02. The maximum atomic E-state index is 13.7. The molecule has 1 unspecified atom stereocenters. The van der Waals surface area contributed by atoms with Crippen LogP contribution < -0.4 is 0 Å². The molecule has 5 heteroatoms. The van der Waals surface area contributed by atoms with Gasteiger partial charge in [-0.3, -0.25) is 0 Å². The predicted molar refractivity (Wildman–Crippen MR) is 73.4 cm³/mol. The first-order chi connectivity index (χ1) is 9.07. The molecule has 2 rings (SSSR count). The third-order valence-corrected chi connectivity index (χ3v) is 6.84. The summed E-state index contributed by atoms with van der Waals surface area (Å²) in [5, 5.41) is 9.45. The first kappa shape index (κ1) is 14.0. The number of nitriles is 1. The van der Waals surface area contributed by atoms with Crippen LogP contribution in [0, 0.1) is 17.1 Å². The van der Waals surface area contributed by atoms with Crippen molar-refractivity contribution >= 4 is 9.73 Å². The van der Waals surface area contributed by atoms with Crippen molar-refractivity contribution in [3.63, 3.8) is 0 Å². The standard InChI is InChI=1S/C14H17FN2OS/c1-17-19(18,14(11-16)8-4-5-9-14)10-12-6-2-3-7-13(12)15/h2-3,6-7H,4-5,8-10H2,1H3. The van der Waals surface area contributed by atoms with Crippen molar-refractivity contribution in [2.75, 3.05) is 7.05 Å². The number of nitrogens with zero attached hydrogens (tertiary/aromatic N) is 2. The van der Waals surface area contributed by atoms with E-state index in [1.54, 1.807) is 18.2 Å². The Kier molecular flexibility index (Phi) is 3.91. The average molecular weight is 280 g/mol. The topological polar surface area (TPSA) is 53.2 Å². The predicted octanol–water partition coefficient (Wildman–Crippen LogP) is 3.26. The van der Waals surface area contributed by atoms with Gasteiger partial charge in [-0.1, -0.05) is 31.0 Å². The van der Waals surface area contributed by atoms with Crippen molar-refractivity contribution in [1.29, 1.82) is 5.26 Å². The van der Waals surface area contributed by atoms with Gasteiger partial charge in [-0.2, -0.15) is 5.26 Å². The Morgan fingerprint density at radius 1 is 1.42 bits per heavy atom. The van der Waals surface area contributed by atoms with Gasteiger partial charge in [-0.25, -0.2) is 13.0 Å². The van der Waals surface area contributed by atoms with Crippen LogP contribution in [0.1, 0.15) is 31.2 Å². The molecule has 0 saturated heterocycles. The van der Waals surface area contributed by atoms with Crippen molar-refractivity contribution in [3.05, 3.63) is 35.6 Å². The van der Waals surface area contributed by atoms with Crippen LogP contribution in [0.4, 0.5) is 4.39 Å². The highest BCUT2D eigenvalue weighted by atomic mass is 32.2. The second kappa shape index (κ2) is 5.30. The highest BCUT2D eigenvalue weighted by molar-refractivity contribution is 7.94. The van der Waals surface area contributed by atoms with Crippen LogP contribution in [0.15, 0.2) is 28.6 Å². The Morgan fingerprint density at radius 3 is 2.58 bits per heavy atom. The lowest BCUT2D eigenvalue weighted by Gasteiger charge is -2.25. The highest BCUT2D eigenvalue weighted by Crippen LogP contribution is 2.39. The van der Waals surface area contributed by atoms with E-state index in [1.165, 1.54) is 13.1 Å². The van der Waals surface area contributed by atoms with E-state index in [0.717, 1.165) is 12.8 Å². The number of halogens is 1. The van der Waals surface area contributed by atoms with Crippen LogP contribution in [0.5, 0.6) is 0 Å². The lowest BCUT2D eigenvalue weighted by atomic mass is 10.1. The molecule has 0 N–H and O–H groups in total.